The second kappa shape index (κ2) is 7.44. The molecular formula is C19H23NO3. The van der Waals surface area contributed by atoms with Crippen molar-refractivity contribution in [3.05, 3.63) is 35.4 Å². The minimum atomic E-state index is -0.289. The van der Waals surface area contributed by atoms with Gasteiger partial charge in [0.15, 0.2) is 0 Å². The number of hydrogen-bond donors (Lipinski definition) is 1. The van der Waals surface area contributed by atoms with E-state index in [0.717, 1.165) is 30.3 Å². The monoisotopic (exact) mass is 313 g/mol. The third kappa shape index (κ3) is 4.44. The van der Waals surface area contributed by atoms with Crippen molar-refractivity contribution < 1.29 is 14.3 Å². The molecule has 23 heavy (non-hydrogen) atoms. The summed E-state index contributed by atoms with van der Waals surface area (Å²) >= 11 is 0. The van der Waals surface area contributed by atoms with Gasteiger partial charge in [-0.15, -0.1) is 0 Å². The number of imide groups is 1. The fraction of sp³-hybridized carbons (Fsp3) is 0.474. The first-order chi connectivity index (χ1) is 11.2. The Morgan fingerprint density at radius 2 is 1.83 bits per heavy atom. The van der Waals surface area contributed by atoms with Crippen molar-refractivity contribution >= 4 is 17.9 Å². The highest BCUT2D eigenvalue weighted by Crippen LogP contribution is 2.26. The molecule has 1 aliphatic heterocycles. The Morgan fingerprint density at radius 3 is 2.48 bits per heavy atom. The van der Waals surface area contributed by atoms with Crippen LogP contribution in [-0.2, 0) is 9.59 Å². The van der Waals surface area contributed by atoms with E-state index in [2.05, 4.69) is 5.32 Å². The third-order valence-corrected chi connectivity index (χ3v) is 4.64. The van der Waals surface area contributed by atoms with Crippen LogP contribution in [0.15, 0.2) is 29.8 Å². The summed E-state index contributed by atoms with van der Waals surface area (Å²) in [6.45, 7) is 0.766. The van der Waals surface area contributed by atoms with E-state index in [0.29, 0.717) is 5.57 Å². The van der Waals surface area contributed by atoms with Gasteiger partial charge in [-0.1, -0.05) is 44.2 Å². The van der Waals surface area contributed by atoms with Crippen molar-refractivity contribution in [2.75, 3.05) is 6.61 Å². The Labute approximate surface area is 136 Å². The van der Waals surface area contributed by atoms with Crippen LogP contribution in [0.2, 0.25) is 0 Å². The molecule has 0 radical (unpaired) electrons. The quantitative estimate of drug-likeness (QED) is 0.669. The van der Waals surface area contributed by atoms with Gasteiger partial charge in [0.2, 0.25) is 5.91 Å². The summed E-state index contributed by atoms with van der Waals surface area (Å²) in [5, 5.41) is 2.29. The Morgan fingerprint density at radius 1 is 1.09 bits per heavy atom. The molecule has 1 heterocycles. The minimum Gasteiger partial charge on any atom is -0.494 e. The summed E-state index contributed by atoms with van der Waals surface area (Å²) in [4.78, 5) is 22.7. The number of ether oxygens (including phenoxy) is 1. The highest BCUT2D eigenvalue weighted by molar-refractivity contribution is 6.15. The maximum atomic E-state index is 11.5. The van der Waals surface area contributed by atoms with Gasteiger partial charge in [0, 0.05) is 5.57 Å². The lowest BCUT2D eigenvalue weighted by Gasteiger charge is -2.21. The number of carbonyl (C=O) groups excluding carboxylic acids is 2. The van der Waals surface area contributed by atoms with E-state index in [9.17, 15) is 9.59 Å². The molecule has 2 aliphatic rings. The van der Waals surface area contributed by atoms with E-state index in [-0.39, 0.29) is 18.2 Å². The zero-order valence-corrected chi connectivity index (χ0v) is 13.3. The van der Waals surface area contributed by atoms with Gasteiger partial charge in [-0.25, -0.2) is 0 Å². The van der Waals surface area contributed by atoms with Crippen LogP contribution >= 0.6 is 0 Å². The molecule has 0 bridgehead atoms. The van der Waals surface area contributed by atoms with Gasteiger partial charge in [0.05, 0.1) is 13.0 Å². The smallest absolute Gasteiger partial charge is 0.254 e. The van der Waals surface area contributed by atoms with E-state index in [1.165, 1.54) is 32.1 Å². The molecule has 0 atom stereocenters. The van der Waals surface area contributed by atoms with Crippen LogP contribution in [0, 0.1) is 5.92 Å². The zero-order valence-electron chi connectivity index (χ0n) is 13.3. The Balaban J connectivity index is 1.50. The predicted octanol–water partition coefficient (Wildman–Crippen LogP) is 3.47. The molecule has 2 fully saturated rings. The lowest BCUT2D eigenvalue weighted by molar-refractivity contribution is -0.124. The predicted molar refractivity (Wildman–Crippen MR) is 88.9 cm³/mol. The van der Waals surface area contributed by atoms with E-state index in [1.807, 2.05) is 24.3 Å². The second-order valence-electron chi connectivity index (χ2n) is 6.43. The fourth-order valence-electron chi connectivity index (χ4n) is 3.30. The lowest BCUT2D eigenvalue weighted by Crippen LogP contribution is -2.19. The van der Waals surface area contributed by atoms with Gasteiger partial charge in [0.1, 0.15) is 5.75 Å². The van der Waals surface area contributed by atoms with Crippen LogP contribution in [0.4, 0.5) is 0 Å². The highest BCUT2D eigenvalue weighted by Gasteiger charge is 2.23. The molecule has 1 N–H and O–H groups in total. The minimum absolute atomic E-state index is 0.165. The fourth-order valence-corrected chi connectivity index (χ4v) is 3.30. The van der Waals surface area contributed by atoms with Crippen LogP contribution in [-0.4, -0.2) is 18.4 Å². The maximum absolute atomic E-state index is 11.5. The van der Waals surface area contributed by atoms with Gasteiger partial charge in [-0.05, 0) is 36.1 Å². The normalized spacial score (nSPS) is 20.8. The first-order valence-corrected chi connectivity index (χ1v) is 8.48. The maximum Gasteiger partial charge on any atom is 0.254 e. The van der Waals surface area contributed by atoms with E-state index < -0.39 is 0 Å². The largest absolute Gasteiger partial charge is 0.494 e. The molecular weight excluding hydrogens is 290 g/mol. The van der Waals surface area contributed by atoms with Gasteiger partial charge in [-0.3, -0.25) is 14.9 Å². The number of nitrogens with one attached hydrogen (secondary N) is 1. The molecule has 2 amide bonds. The van der Waals surface area contributed by atoms with Crippen molar-refractivity contribution in [2.45, 2.75) is 44.9 Å². The van der Waals surface area contributed by atoms with Crippen molar-refractivity contribution in [1.82, 2.24) is 5.32 Å². The number of amides is 2. The molecule has 4 heteroatoms. The van der Waals surface area contributed by atoms with E-state index in [1.54, 1.807) is 6.08 Å². The van der Waals surface area contributed by atoms with Gasteiger partial charge < -0.3 is 4.74 Å². The van der Waals surface area contributed by atoms with Crippen LogP contribution in [0.3, 0.4) is 0 Å². The zero-order chi connectivity index (χ0) is 16.1. The average molecular weight is 313 g/mol. The molecule has 122 valence electrons. The molecule has 4 nitrogen and oxygen atoms in total. The third-order valence-electron chi connectivity index (χ3n) is 4.64. The van der Waals surface area contributed by atoms with Gasteiger partial charge in [-0.2, -0.15) is 0 Å². The molecule has 1 saturated heterocycles. The van der Waals surface area contributed by atoms with Gasteiger partial charge in [0.25, 0.3) is 5.91 Å². The summed E-state index contributed by atoms with van der Waals surface area (Å²) in [5.41, 5.74) is 1.42. The van der Waals surface area contributed by atoms with Crippen molar-refractivity contribution in [1.29, 1.82) is 0 Å². The van der Waals surface area contributed by atoms with Crippen molar-refractivity contribution in [2.24, 2.45) is 5.92 Å². The standard InChI is InChI=1S/C19H23NO3/c21-18-13-16(19(22)20-18)12-15-6-8-17(9-7-15)23-11-10-14-4-2-1-3-5-14/h6-9,12,14H,1-5,10-11,13H2,(H,20,21,22)/b16-12+. The topological polar surface area (TPSA) is 55.4 Å². The first-order valence-electron chi connectivity index (χ1n) is 8.48. The van der Waals surface area contributed by atoms with Crippen LogP contribution in [0.25, 0.3) is 6.08 Å². The van der Waals surface area contributed by atoms with Crippen LogP contribution < -0.4 is 10.1 Å². The van der Waals surface area contributed by atoms with Crippen LogP contribution in [0.1, 0.15) is 50.5 Å². The van der Waals surface area contributed by atoms with Crippen molar-refractivity contribution in [3.8, 4) is 5.75 Å². The van der Waals surface area contributed by atoms with E-state index >= 15 is 0 Å². The molecule has 0 spiro atoms. The van der Waals surface area contributed by atoms with Crippen molar-refractivity contribution in [3.63, 3.8) is 0 Å². The summed E-state index contributed by atoms with van der Waals surface area (Å²) in [6.07, 6.45) is 9.86. The molecule has 1 aliphatic carbocycles. The Hall–Kier alpha value is -2.10. The summed E-state index contributed by atoms with van der Waals surface area (Å²) in [5.74, 6) is 1.16. The number of carbonyl (C=O) groups is 2. The SMILES string of the molecule is O=C1C/C(=C\c2ccc(OCCC3CCCCC3)cc2)C(=O)N1. The summed E-state index contributed by atoms with van der Waals surface area (Å²) in [7, 11) is 0. The second-order valence-corrected chi connectivity index (χ2v) is 6.43. The lowest BCUT2D eigenvalue weighted by atomic mass is 9.87. The number of hydrogen-bond acceptors (Lipinski definition) is 3. The molecule has 3 rings (SSSR count). The number of rotatable bonds is 5. The molecule has 1 saturated carbocycles. The van der Waals surface area contributed by atoms with E-state index in [4.69, 9.17) is 4.74 Å². The Bertz CT molecular complexity index is 598. The summed E-state index contributed by atoms with van der Waals surface area (Å²) in [6, 6.07) is 7.67. The number of benzene rings is 1. The molecule has 0 unspecified atom stereocenters. The highest BCUT2D eigenvalue weighted by atomic mass is 16.5. The molecule has 0 aromatic heterocycles. The molecule has 1 aromatic rings. The van der Waals surface area contributed by atoms with Gasteiger partial charge >= 0.3 is 0 Å². The molecule has 1 aromatic carbocycles. The Kier molecular flexibility index (Phi) is 5.11. The van der Waals surface area contributed by atoms with Crippen LogP contribution in [0.5, 0.6) is 5.75 Å². The summed E-state index contributed by atoms with van der Waals surface area (Å²) < 4.78 is 5.82. The average Bonchev–Trinajstić information content (AvgIpc) is 2.88. The first kappa shape index (κ1) is 15.8.